The fourth-order valence-electron chi connectivity index (χ4n) is 5.06. The van der Waals surface area contributed by atoms with Crippen molar-refractivity contribution in [1.29, 1.82) is 0 Å². The molecule has 3 aliphatic rings. The fourth-order valence-corrected chi connectivity index (χ4v) is 5.06. The summed E-state index contributed by atoms with van der Waals surface area (Å²) in [4.78, 5) is 2.85. The minimum Gasteiger partial charge on any atom is -0.314 e. The molecule has 0 aromatic heterocycles. The first-order chi connectivity index (χ1) is 10.4. The summed E-state index contributed by atoms with van der Waals surface area (Å²) in [5.74, 6) is 2.09. The van der Waals surface area contributed by atoms with Crippen LogP contribution in [0.25, 0.3) is 0 Å². The van der Waals surface area contributed by atoms with Crippen molar-refractivity contribution < 1.29 is 0 Å². The van der Waals surface area contributed by atoms with E-state index in [9.17, 15) is 0 Å². The zero-order valence-corrected chi connectivity index (χ0v) is 16.4. The second-order valence-corrected chi connectivity index (χ2v) is 7.92. The summed E-state index contributed by atoms with van der Waals surface area (Å²) in [6, 6.07) is 0.901. The van der Waals surface area contributed by atoms with E-state index in [2.05, 4.69) is 10.2 Å². The van der Waals surface area contributed by atoms with Gasteiger partial charge in [0, 0.05) is 32.2 Å². The number of hydrogen-bond acceptors (Lipinski definition) is 2. The van der Waals surface area contributed by atoms with Gasteiger partial charge in [0.2, 0.25) is 0 Å². The molecule has 0 aromatic carbocycles. The number of piperazine rings is 1. The van der Waals surface area contributed by atoms with Gasteiger partial charge in [-0.25, -0.2) is 0 Å². The molecular formula is C19H38Cl2N2. The molecule has 1 N–H and O–H groups in total. The second kappa shape index (κ2) is 12.0. The average molecular weight is 365 g/mol. The molecule has 0 unspecified atom stereocenters. The summed E-state index contributed by atoms with van der Waals surface area (Å²) in [5, 5.41) is 3.54. The molecule has 1 saturated heterocycles. The molecule has 23 heavy (non-hydrogen) atoms. The molecule has 0 aromatic rings. The molecule has 0 amide bonds. The van der Waals surface area contributed by atoms with Crippen LogP contribution in [-0.2, 0) is 0 Å². The lowest BCUT2D eigenvalue weighted by atomic mass is 9.79. The second-order valence-electron chi connectivity index (χ2n) is 7.92. The summed E-state index contributed by atoms with van der Waals surface area (Å²) in [6.45, 7) is 5.02. The van der Waals surface area contributed by atoms with Gasteiger partial charge in [0.05, 0.1) is 0 Å². The number of nitrogens with one attached hydrogen (secondary N) is 1. The van der Waals surface area contributed by atoms with Gasteiger partial charge in [-0.3, -0.25) is 4.90 Å². The van der Waals surface area contributed by atoms with E-state index >= 15 is 0 Å². The van der Waals surface area contributed by atoms with Crippen LogP contribution in [0.4, 0.5) is 0 Å². The van der Waals surface area contributed by atoms with Crippen molar-refractivity contribution in [3.63, 3.8) is 0 Å². The third-order valence-corrected chi connectivity index (χ3v) is 6.33. The molecule has 2 nitrogen and oxygen atoms in total. The minimum atomic E-state index is 0. The maximum Gasteiger partial charge on any atom is 0.0110 e. The Morgan fingerprint density at radius 3 is 1.57 bits per heavy atom. The Labute approximate surface area is 156 Å². The summed E-state index contributed by atoms with van der Waals surface area (Å²) < 4.78 is 0. The predicted molar refractivity (Wildman–Crippen MR) is 105 cm³/mol. The van der Waals surface area contributed by atoms with Gasteiger partial charge < -0.3 is 5.32 Å². The number of hydrogen-bond donors (Lipinski definition) is 1. The first kappa shape index (κ1) is 21.5. The Bertz CT molecular complexity index is 263. The maximum atomic E-state index is 3.54. The standard InChI is InChI=1S/C19H36N2.2ClH/c1-3-7-17(8-4-1)15-19(21-13-11-20-12-14-21)16-18-9-5-2-6-10-18;;/h17-20H,1-16H2;2*1H. The van der Waals surface area contributed by atoms with E-state index in [1.807, 2.05) is 0 Å². The highest BCUT2D eigenvalue weighted by atomic mass is 35.5. The molecule has 3 rings (SSSR count). The van der Waals surface area contributed by atoms with Gasteiger partial charge in [-0.1, -0.05) is 64.2 Å². The average Bonchev–Trinajstić information content (AvgIpc) is 2.57. The SMILES string of the molecule is C1CCC(CC(CC2CCCCC2)N2CCNCC2)CC1.Cl.Cl. The van der Waals surface area contributed by atoms with Crippen LogP contribution < -0.4 is 5.32 Å². The number of halogens is 2. The number of nitrogens with zero attached hydrogens (tertiary/aromatic N) is 1. The molecule has 4 heteroatoms. The summed E-state index contributed by atoms with van der Waals surface area (Å²) >= 11 is 0. The minimum absolute atomic E-state index is 0. The van der Waals surface area contributed by atoms with Crippen molar-refractivity contribution in [1.82, 2.24) is 10.2 Å². The van der Waals surface area contributed by atoms with E-state index in [0.29, 0.717) is 0 Å². The fraction of sp³-hybridized carbons (Fsp3) is 1.00. The first-order valence-electron chi connectivity index (χ1n) is 9.86. The molecule has 0 radical (unpaired) electrons. The molecule has 1 heterocycles. The van der Waals surface area contributed by atoms with Crippen LogP contribution in [0.15, 0.2) is 0 Å². The van der Waals surface area contributed by atoms with E-state index in [1.54, 1.807) is 0 Å². The topological polar surface area (TPSA) is 15.3 Å². The van der Waals surface area contributed by atoms with Crippen molar-refractivity contribution in [2.24, 2.45) is 11.8 Å². The van der Waals surface area contributed by atoms with E-state index in [-0.39, 0.29) is 24.8 Å². The summed E-state index contributed by atoms with van der Waals surface area (Å²) in [7, 11) is 0. The molecule has 0 bridgehead atoms. The Kier molecular flexibility index (Phi) is 11.2. The molecule has 3 fully saturated rings. The van der Waals surface area contributed by atoms with Gasteiger partial charge in [0.1, 0.15) is 0 Å². The van der Waals surface area contributed by atoms with E-state index in [1.165, 1.54) is 103 Å². The third kappa shape index (κ3) is 7.10. The zero-order valence-electron chi connectivity index (χ0n) is 14.8. The van der Waals surface area contributed by atoms with Crippen LogP contribution in [0, 0.1) is 11.8 Å². The Morgan fingerprint density at radius 1 is 0.696 bits per heavy atom. The smallest absolute Gasteiger partial charge is 0.0110 e. The lowest BCUT2D eigenvalue weighted by molar-refractivity contribution is 0.111. The molecule has 0 atom stereocenters. The van der Waals surface area contributed by atoms with Gasteiger partial charge in [0.15, 0.2) is 0 Å². The Morgan fingerprint density at radius 2 is 1.13 bits per heavy atom. The molecule has 0 spiro atoms. The van der Waals surface area contributed by atoms with Gasteiger partial charge in [-0.05, 0) is 24.7 Å². The maximum absolute atomic E-state index is 3.54. The highest BCUT2D eigenvalue weighted by Gasteiger charge is 2.27. The highest BCUT2D eigenvalue weighted by Crippen LogP contribution is 2.34. The Hall–Kier alpha value is 0.500. The lowest BCUT2D eigenvalue weighted by Crippen LogP contribution is -2.49. The quantitative estimate of drug-likeness (QED) is 0.734. The predicted octanol–water partition coefficient (Wildman–Crippen LogP) is 5.04. The zero-order chi connectivity index (χ0) is 14.3. The van der Waals surface area contributed by atoms with Crippen molar-refractivity contribution in [2.45, 2.75) is 83.1 Å². The van der Waals surface area contributed by atoms with Gasteiger partial charge in [0.25, 0.3) is 0 Å². The van der Waals surface area contributed by atoms with Crippen molar-refractivity contribution in [3.8, 4) is 0 Å². The van der Waals surface area contributed by atoms with Crippen molar-refractivity contribution in [2.75, 3.05) is 26.2 Å². The first-order valence-corrected chi connectivity index (χ1v) is 9.86. The van der Waals surface area contributed by atoms with Crippen LogP contribution in [0.1, 0.15) is 77.0 Å². The van der Waals surface area contributed by atoms with Crippen LogP contribution in [0.5, 0.6) is 0 Å². The van der Waals surface area contributed by atoms with E-state index in [0.717, 1.165) is 17.9 Å². The molecular weight excluding hydrogens is 327 g/mol. The molecule has 2 saturated carbocycles. The molecule has 2 aliphatic carbocycles. The normalized spacial score (nSPS) is 24.9. The molecule has 1 aliphatic heterocycles. The highest BCUT2D eigenvalue weighted by molar-refractivity contribution is 5.85. The van der Waals surface area contributed by atoms with Gasteiger partial charge >= 0.3 is 0 Å². The monoisotopic (exact) mass is 364 g/mol. The third-order valence-electron chi connectivity index (χ3n) is 6.33. The lowest BCUT2D eigenvalue weighted by Gasteiger charge is -2.39. The van der Waals surface area contributed by atoms with Gasteiger partial charge in [-0.2, -0.15) is 0 Å². The van der Waals surface area contributed by atoms with E-state index < -0.39 is 0 Å². The Balaban J connectivity index is 0.00000132. The van der Waals surface area contributed by atoms with Crippen LogP contribution in [-0.4, -0.2) is 37.1 Å². The van der Waals surface area contributed by atoms with Crippen LogP contribution >= 0.6 is 24.8 Å². The molecule has 138 valence electrons. The van der Waals surface area contributed by atoms with Crippen molar-refractivity contribution in [3.05, 3.63) is 0 Å². The van der Waals surface area contributed by atoms with Crippen LogP contribution in [0.3, 0.4) is 0 Å². The van der Waals surface area contributed by atoms with Crippen LogP contribution in [0.2, 0.25) is 0 Å². The van der Waals surface area contributed by atoms with Crippen molar-refractivity contribution >= 4 is 24.8 Å². The number of rotatable bonds is 5. The van der Waals surface area contributed by atoms with Gasteiger partial charge in [-0.15, -0.1) is 24.8 Å². The summed E-state index contributed by atoms with van der Waals surface area (Å²) in [5.41, 5.74) is 0. The van der Waals surface area contributed by atoms with E-state index in [4.69, 9.17) is 0 Å². The largest absolute Gasteiger partial charge is 0.314 e. The summed E-state index contributed by atoms with van der Waals surface area (Å²) in [6.07, 6.45) is 18.1.